The van der Waals surface area contributed by atoms with Crippen LogP contribution in [0.1, 0.15) is 29.1 Å². The molecule has 2 aromatic heterocycles. The van der Waals surface area contributed by atoms with E-state index in [0.717, 1.165) is 4.80 Å². The van der Waals surface area contributed by atoms with Crippen molar-refractivity contribution in [3.05, 3.63) is 64.4 Å². The van der Waals surface area contributed by atoms with Crippen molar-refractivity contribution in [2.45, 2.75) is 18.5 Å². The summed E-state index contributed by atoms with van der Waals surface area (Å²) in [5.74, 6) is -3.87. The van der Waals surface area contributed by atoms with E-state index in [4.69, 9.17) is 25.6 Å². The number of aromatic nitrogens is 5. The second kappa shape index (κ2) is 10.6. The molecule has 12 nitrogen and oxygen atoms in total. The lowest BCUT2D eigenvalue weighted by molar-refractivity contribution is -0.147. The molecule has 5 rings (SSSR count). The van der Waals surface area contributed by atoms with Crippen molar-refractivity contribution in [2.75, 3.05) is 20.3 Å². The lowest BCUT2D eigenvalue weighted by Crippen LogP contribution is -2.70. The van der Waals surface area contributed by atoms with Gasteiger partial charge < -0.3 is 24.6 Å². The molecule has 1 saturated heterocycles. The van der Waals surface area contributed by atoms with Crippen molar-refractivity contribution in [2.24, 2.45) is 7.05 Å². The molecule has 0 radical (unpaired) electrons. The summed E-state index contributed by atoms with van der Waals surface area (Å²) in [7, 11) is 2.84. The number of carbonyl (C=O) groups is 2. The number of rotatable bonds is 8. The standard InChI is InChI=1S/C25H22ClF2N7O5/c1-12(29-24(37)25(10-39-11-25)30-23(36)14-9-15(38-3)33-40-14)16-20(27)18(22-31-34-35(2)32-22)17(19(26)21(16)28)13-7-5-4-6-8-13/h4-9,12H,10-11H2,1-3H3,(H,29,37)(H,30,36)/t12-/m1/s1. The molecule has 2 N–H and O–H groups in total. The summed E-state index contributed by atoms with van der Waals surface area (Å²) >= 11 is 6.49. The first-order chi connectivity index (χ1) is 19.1. The van der Waals surface area contributed by atoms with Crippen LogP contribution in [0, 0.1) is 11.6 Å². The minimum absolute atomic E-state index is 0.0335. The predicted molar refractivity (Wildman–Crippen MR) is 135 cm³/mol. The molecular formula is C25H22ClF2N7O5. The Kier molecular flexibility index (Phi) is 7.21. The van der Waals surface area contributed by atoms with Crippen molar-refractivity contribution in [3.63, 3.8) is 0 Å². The first kappa shape index (κ1) is 27.1. The third-order valence-electron chi connectivity index (χ3n) is 6.34. The van der Waals surface area contributed by atoms with E-state index in [1.54, 1.807) is 30.3 Å². The Balaban J connectivity index is 1.49. The monoisotopic (exact) mass is 573 g/mol. The molecule has 2 amide bonds. The van der Waals surface area contributed by atoms with Gasteiger partial charge in [0, 0.05) is 11.1 Å². The Hall–Kier alpha value is -4.43. The van der Waals surface area contributed by atoms with E-state index >= 15 is 8.78 Å². The predicted octanol–water partition coefficient (Wildman–Crippen LogP) is 2.85. The molecule has 15 heteroatoms. The van der Waals surface area contributed by atoms with E-state index in [1.165, 1.54) is 27.1 Å². The van der Waals surface area contributed by atoms with Gasteiger partial charge in [-0.25, -0.2) is 8.78 Å². The van der Waals surface area contributed by atoms with Crippen molar-refractivity contribution in [1.82, 2.24) is 36.0 Å². The van der Waals surface area contributed by atoms with Gasteiger partial charge in [-0.2, -0.15) is 4.80 Å². The topological polar surface area (TPSA) is 146 Å². The quantitative estimate of drug-likeness (QED) is 0.304. The number of halogens is 3. The maximum Gasteiger partial charge on any atom is 0.291 e. The molecule has 0 bridgehead atoms. The number of amides is 2. The number of nitrogens with one attached hydrogen (secondary N) is 2. The molecule has 2 aromatic carbocycles. The van der Waals surface area contributed by atoms with Gasteiger partial charge in [0.2, 0.25) is 11.6 Å². The fraction of sp³-hybridized carbons (Fsp3) is 0.280. The third-order valence-corrected chi connectivity index (χ3v) is 6.69. The average Bonchev–Trinajstić information content (AvgIpc) is 3.57. The van der Waals surface area contributed by atoms with E-state index in [2.05, 4.69) is 31.2 Å². The number of carbonyl (C=O) groups excluding carboxylic acids is 2. The van der Waals surface area contributed by atoms with Gasteiger partial charge in [-0.05, 0) is 22.9 Å². The maximum absolute atomic E-state index is 16.2. The van der Waals surface area contributed by atoms with Crippen LogP contribution in [0.4, 0.5) is 8.78 Å². The molecule has 0 unspecified atom stereocenters. The van der Waals surface area contributed by atoms with Crippen molar-refractivity contribution < 1.29 is 32.4 Å². The summed E-state index contributed by atoms with van der Waals surface area (Å²) < 4.78 is 47.0. The molecule has 0 aliphatic carbocycles. The summed E-state index contributed by atoms with van der Waals surface area (Å²) in [5, 5.41) is 20.0. The molecule has 0 spiro atoms. The zero-order valence-corrected chi connectivity index (χ0v) is 22.1. The number of tetrazole rings is 1. The SMILES string of the molecule is COc1cc(C(=O)NC2(C(=O)N[C@H](C)c3c(F)c(Cl)c(-c4ccccc4)c(-c4nnn(C)n4)c3F)COC2)on1. The fourth-order valence-electron chi connectivity index (χ4n) is 4.24. The van der Waals surface area contributed by atoms with Crippen LogP contribution < -0.4 is 15.4 Å². The number of aryl methyl sites for hydroxylation is 1. The van der Waals surface area contributed by atoms with Gasteiger partial charge in [-0.3, -0.25) is 9.59 Å². The molecule has 1 aliphatic heterocycles. The highest BCUT2D eigenvalue weighted by molar-refractivity contribution is 6.34. The summed E-state index contributed by atoms with van der Waals surface area (Å²) in [4.78, 5) is 27.1. The van der Waals surface area contributed by atoms with Crippen LogP contribution in [0.5, 0.6) is 5.88 Å². The van der Waals surface area contributed by atoms with Crippen LogP contribution >= 0.6 is 11.6 Å². The number of hydrogen-bond acceptors (Lipinski definition) is 9. The van der Waals surface area contributed by atoms with Gasteiger partial charge in [-0.15, -0.1) is 10.2 Å². The lowest BCUT2D eigenvalue weighted by atomic mass is 9.92. The first-order valence-corrected chi connectivity index (χ1v) is 12.2. The highest BCUT2D eigenvalue weighted by Gasteiger charge is 2.48. The molecule has 208 valence electrons. The Morgan fingerprint density at radius 2 is 1.90 bits per heavy atom. The van der Waals surface area contributed by atoms with E-state index in [9.17, 15) is 9.59 Å². The lowest BCUT2D eigenvalue weighted by Gasteiger charge is -2.40. The molecule has 4 aromatic rings. The van der Waals surface area contributed by atoms with Gasteiger partial charge in [0.25, 0.3) is 17.7 Å². The maximum atomic E-state index is 16.2. The number of methoxy groups -OCH3 is 1. The molecule has 3 heterocycles. The smallest absolute Gasteiger partial charge is 0.291 e. The summed E-state index contributed by atoms with van der Waals surface area (Å²) in [5.41, 5.74) is -1.78. The average molecular weight is 574 g/mol. The van der Waals surface area contributed by atoms with Gasteiger partial charge >= 0.3 is 0 Å². The van der Waals surface area contributed by atoms with Crippen LogP contribution in [0.25, 0.3) is 22.5 Å². The van der Waals surface area contributed by atoms with Gasteiger partial charge in [0.1, 0.15) is 5.82 Å². The zero-order valence-electron chi connectivity index (χ0n) is 21.4. The largest absolute Gasteiger partial charge is 0.479 e. The Morgan fingerprint density at radius 1 is 1.18 bits per heavy atom. The molecule has 1 atom stereocenters. The minimum atomic E-state index is -1.53. The first-order valence-electron chi connectivity index (χ1n) is 11.9. The Labute approximate surface area is 230 Å². The Morgan fingerprint density at radius 3 is 2.48 bits per heavy atom. The summed E-state index contributed by atoms with van der Waals surface area (Å²) in [6.07, 6.45) is 0. The fourth-order valence-corrected chi connectivity index (χ4v) is 4.55. The van der Waals surface area contributed by atoms with E-state index in [0.29, 0.717) is 5.56 Å². The highest BCUT2D eigenvalue weighted by Crippen LogP contribution is 2.43. The molecule has 40 heavy (non-hydrogen) atoms. The number of hydrogen-bond donors (Lipinski definition) is 2. The molecular weight excluding hydrogens is 552 g/mol. The summed E-state index contributed by atoms with van der Waals surface area (Å²) in [6.45, 7) is 1.01. The summed E-state index contributed by atoms with van der Waals surface area (Å²) in [6, 6.07) is 8.39. The number of benzene rings is 2. The zero-order chi connectivity index (χ0) is 28.6. The highest BCUT2D eigenvalue weighted by atomic mass is 35.5. The van der Waals surface area contributed by atoms with Crippen LogP contribution in [0.15, 0.2) is 40.9 Å². The van der Waals surface area contributed by atoms with Crippen LogP contribution in [-0.2, 0) is 16.6 Å². The molecule has 1 aliphatic rings. The number of nitrogens with zero attached hydrogens (tertiary/aromatic N) is 5. The second-order valence-electron chi connectivity index (χ2n) is 9.03. The normalized spacial score (nSPS) is 14.8. The van der Waals surface area contributed by atoms with Crippen LogP contribution in [0.2, 0.25) is 5.02 Å². The minimum Gasteiger partial charge on any atom is -0.479 e. The van der Waals surface area contributed by atoms with Gasteiger partial charge in [-0.1, -0.05) is 41.9 Å². The van der Waals surface area contributed by atoms with Crippen molar-refractivity contribution >= 4 is 23.4 Å². The molecule has 1 fully saturated rings. The molecule has 0 saturated carbocycles. The van der Waals surface area contributed by atoms with Crippen LogP contribution in [0.3, 0.4) is 0 Å². The number of ether oxygens (including phenoxy) is 2. The van der Waals surface area contributed by atoms with E-state index in [-0.39, 0.29) is 46.8 Å². The van der Waals surface area contributed by atoms with E-state index < -0.39 is 40.6 Å². The van der Waals surface area contributed by atoms with Crippen molar-refractivity contribution in [1.29, 1.82) is 0 Å². The van der Waals surface area contributed by atoms with Crippen LogP contribution in [-0.4, -0.2) is 63.0 Å². The second-order valence-corrected chi connectivity index (χ2v) is 9.41. The van der Waals surface area contributed by atoms with Gasteiger partial charge in [0.05, 0.1) is 50.1 Å². The van der Waals surface area contributed by atoms with E-state index in [1.807, 2.05) is 0 Å². The Bertz CT molecular complexity index is 1590. The van der Waals surface area contributed by atoms with Crippen molar-refractivity contribution in [3.8, 4) is 28.4 Å². The third kappa shape index (κ3) is 4.75. The van der Waals surface area contributed by atoms with Gasteiger partial charge in [0.15, 0.2) is 11.4 Å².